The number of nitrogens with zero attached hydrogens (tertiary/aromatic N) is 1. The van der Waals surface area contributed by atoms with Gasteiger partial charge in [-0.25, -0.2) is 4.79 Å². The molecule has 1 heterocycles. The molecule has 1 N–H and O–H groups in total. The normalized spacial score (nSPS) is 17.4. The molecule has 1 fully saturated rings. The maximum absolute atomic E-state index is 11.5. The largest absolute Gasteiger partial charge is 0.444 e. The maximum Gasteiger partial charge on any atom is 0.410 e. The Kier molecular flexibility index (Phi) is 3.37. The number of ether oxygens (including phenoxy) is 1. The molecule has 0 atom stereocenters. The average molecular weight is 200 g/mol. The van der Waals surface area contributed by atoms with Gasteiger partial charge >= 0.3 is 6.09 Å². The predicted molar refractivity (Wildman–Crippen MR) is 55.2 cm³/mol. The molecule has 0 spiro atoms. The van der Waals surface area contributed by atoms with Gasteiger partial charge in [-0.2, -0.15) is 0 Å². The summed E-state index contributed by atoms with van der Waals surface area (Å²) in [6.45, 7) is 8.43. The molecule has 82 valence electrons. The summed E-state index contributed by atoms with van der Waals surface area (Å²) >= 11 is 0. The Bertz CT molecular complexity index is 207. The van der Waals surface area contributed by atoms with Crippen molar-refractivity contribution in [2.45, 2.75) is 26.4 Å². The van der Waals surface area contributed by atoms with E-state index in [4.69, 9.17) is 4.74 Å². The fraction of sp³-hybridized carbons (Fsp3) is 0.900. The summed E-state index contributed by atoms with van der Waals surface area (Å²) in [6, 6.07) is 0. The zero-order chi connectivity index (χ0) is 10.8. The highest BCUT2D eigenvalue weighted by atomic mass is 16.6. The third-order valence-electron chi connectivity index (χ3n) is 2.10. The second-order valence-electron chi connectivity index (χ2n) is 4.89. The van der Waals surface area contributed by atoms with Gasteiger partial charge in [-0.15, -0.1) is 0 Å². The molecule has 1 aliphatic rings. The minimum atomic E-state index is -0.400. The van der Waals surface area contributed by atoms with Crippen LogP contribution in [-0.4, -0.2) is 43.3 Å². The first-order chi connectivity index (χ1) is 6.38. The highest BCUT2D eigenvalue weighted by Gasteiger charge is 2.24. The van der Waals surface area contributed by atoms with Gasteiger partial charge in [-0.3, -0.25) is 0 Å². The molecule has 0 unspecified atom stereocenters. The van der Waals surface area contributed by atoms with Crippen LogP contribution in [0.15, 0.2) is 0 Å². The van der Waals surface area contributed by atoms with Gasteiger partial charge in [-0.1, -0.05) is 0 Å². The van der Waals surface area contributed by atoms with E-state index in [9.17, 15) is 4.79 Å². The van der Waals surface area contributed by atoms with Crippen LogP contribution in [-0.2, 0) is 4.74 Å². The first-order valence-electron chi connectivity index (χ1n) is 5.03. The van der Waals surface area contributed by atoms with Crippen molar-refractivity contribution < 1.29 is 9.53 Å². The molecule has 1 amide bonds. The predicted octanol–water partition coefficient (Wildman–Crippen LogP) is 1.07. The van der Waals surface area contributed by atoms with Crippen LogP contribution in [0.25, 0.3) is 0 Å². The number of carbonyl (C=O) groups excluding carboxylic acids is 1. The van der Waals surface area contributed by atoms with E-state index in [2.05, 4.69) is 5.32 Å². The molecule has 0 aromatic carbocycles. The SMILES string of the molecule is CN(CC1CNC1)C(=O)OC(C)(C)C. The van der Waals surface area contributed by atoms with E-state index in [0.717, 1.165) is 19.6 Å². The molecule has 0 aromatic rings. The molecule has 14 heavy (non-hydrogen) atoms. The van der Waals surface area contributed by atoms with Crippen molar-refractivity contribution in [2.24, 2.45) is 5.92 Å². The summed E-state index contributed by atoms with van der Waals surface area (Å²) < 4.78 is 5.24. The molecule has 1 rings (SSSR count). The number of rotatable bonds is 2. The Morgan fingerprint density at radius 2 is 2.07 bits per heavy atom. The Labute approximate surface area is 85.6 Å². The zero-order valence-corrected chi connectivity index (χ0v) is 9.46. The molecule has 0 radical (unpaired) electrons. The van der Waals surface area contributed by atoms with Gasteiger partial charge in [0.05, 0.1) is 0 Å². The van der Waals surface area contributed by atoms with Crippen LogP contribution in [0.5, 0.6) is 0 Å². The van der Waals surface area contributed by atoms with E-state index in [1.165, 1.54) is 0 Å². The third kappa shape index (κ3) is 3.54. The van der Waals surface area contributed by atoms with Gasteiger partial charge in [-0.05, 0) is 20.8 Å². The minimum absolute atomic E-state index is 0.232. The zero-order valence-electron chi connectivity index (χ0n) is 9.46. The molecule has 0 saturated carbocycles. The molecular weight excluding hydrogens is 180 g/mol. The first kappa shape index (κ1) is 11.3. The quantitative estimate of drug-likeness (QED) is 0.725. The van der Waals surface area contributed by atoms with E-state index in [0.29, 0.717) is 5.92 Å². The number of hydrogen-bond donors (Lipinski definition) is 1. The number of nitrogens with one attached hydrogen (secondary N) is 1. The van der Waals surface area contributed by atoms with Crippen LogP contribution in [0.4, 0.5) is 4.79 Å². The molecule has 0 aliphatic carbocycles. The van der Waals surface area contributed by atoms with Crippen molar-refractivity contribution in [2.75, 3.05) is 26.7 Å². The van der Waals surface area contributed by atoms with Gasteiger partial charge in [0.1, 0.15) is 5.60 Å². The molecule has 0 bridgehead atoms. The standard InChI is InChI=1S/C10H20N2O2/c1-10(2,3)14-9(13)12(4)7-8-5-11-6-8/h8,11H,5-7H2,1-4H3. The van der Waals surface area contributed by atoms with Crippen LogP contribution in [0, 0.1) is 5.92 Å². The van der Waals surface area contributed by atoms with Gasteiger partial charge in [0.25, 0.3) is 0 Å². The summed E-state index contributed by atoms with van der Waals surface area (Å²) in [5.74, 6) is 0.590. The lowest BCUT2D eigenvalue weighted by molar-refractivity contribution is 0.0258. The van der Waals surface area contributed by atoms with Gasteiger partial charge in [0, 0.05) is 32.6 Å². The topological polar surface area (TPSA) is 41.6 Å². The summed E-state index contributed by atoms with van der Waals surface area (Å²) in [5, 5.41) is 3.17. The van der Waals surface area contributed by atoms with E-state index >= 15 is 0 Å². The lowest BCUT2D eigenvalue weighted by Gasteiger charge is -2.32. The fourth-order valence-corrected chi connectivity index (χ4v) is 1.28. The van der Waals surface area contributed by atoms with E-state index in [-0.39, 0.29) is 6.09 Å². The van der Waals surface area contributed by atoms with Crippen LogP contribution in [0.1, 0.15) is 20.8 Å². The van der Waals surface area contributed by atoms with Crippen LogP contribution >= 0.6 is 0 Å². The summed E-state index contributed by atoms with van der Waals surface area (Å²) in [7, 11) is 1.78. The van der Waals surface area contributed by atoms with Crippen molar-refractivity contribution >= 4 is 6.09 Å². The monoisotopic (exact) mass is 200 g/mol. The Hall–Kier alpha value is -0.770. The maximum atomic E-state index is 11.5. The van der Waals surface area contributed by atoms with E-state index in [1.54, 1.807) is 11.9 Å². The van der Waals surface area contributed by atoms with Crippen LogP contribution in [0.3, 0.4) is 0 Å². The van der Waals surface area contributed by atoms with Gasteiger partial charge in [0.15, 0.2) is 0 Å². The van der Waals surface area contributed by atoms with Crippen molar-refractivity contribution in [3.05, 3.63) is 0 Å². The first-order valence-corrected chi connectivity index (χ1v) is 5.03. The Morgan fingerprint density at radius 1 is 1.50 bits per heavy atom. The van der Waals surface area contributed by atoms with Crippen molar-refractivity contribution in [1.82, 2.24) is 10.2 Å². The number of carbonyl (C=O) groups is 1. The van der Waals surface area contributed by atoms with E-state index < -0.39 is 5.60 Å². The van der Waals surface area contributed by atoms with Gasteiger partial charge in [0.2, 0.25) is 0 Å². The highest BCUT2D eigenvalue weighted by Crippen LogP contribution is 2.11. The second kappa shape index (κ2) is 4.17. The molecule has 1 saturated heterocycles. The van der Waals surface area contributed by atoms with Gasteiger partial charge < -0.3 is 15.0 Å². The molecule has 4 nitrogen and oxygen atoms in total. The van der Waals surface area contributed by atoms with Crippen LogP contribution in [0.2, 0.25) is 0 Å². The minimum Gasteiger partial charge on any atom is -0.444 e. The lowest BCUT2D eigenvalue weighted by Crippen LogP contribution is -2.49. The van der Waals surface area contributed by atoms with E-state index in [1.807, 2.05) is 20.8 Å². The molecule has 0 aromatic heterocycles. The molecule has 4 heteroatoms. The summed E-state index contributed by atoms with van der Waals surface area (Å²) in [5.41, 5.74) is -0.400. The summed E-state index contributed by atoms with van der Waals surface area (Å²) in [4.78, 5) is 13.2. The Morgan fingerprint density at radius 3 is 2.43 bits per heavy atom. The number of amides is 1. The molecular formula is C10H20N2O2. The average Bonchev–Trinajstić information content (AvgIpc) is 1.92. The summed E-state index contributed by atoms with van der Waals surface area (Å²) in [6.07, 6.45) is -0.232. The third-order valence-corrected chi connectivity index (χ3v) is 2.10. The van der Waals surface area contributed by atoms with Crippen molar-refractivity contribution in [3.63, 3.8) is 0 Å². The molecule has 1 aliphatic heterocycles. The number of hydrogen-bond acceptors (Lipinski definition) is 3. The smallest absolute Gasteiger partial charge is 0.410 e. The fourth-order valence-electron chi connectivity index (χ4n) is 1.28. The van der Waals surface area contributed by atoms with Crippen molar-refractivity contribution in [1.29, 1.82) is 0 Å². The highest BCUT2D eigenvalue weighted by molar-refractivity contribution is 5.67. The van der Waals surface area contributed by atoms with Crippen LogP contribution < -0.4 is 5.32 Å². The second-order valence-corrected chi connectivity index (χ2v) is 4.89. The lowest BCUT2D eigenvalue weighted by atomic mass is 10.0. The Balaban J connectivity index is 2.28. The van der Waals surface area contributed by atoms with Crippen molar-refractivity contribution in [3.8, 4) is 0 Å².